The van der Waals surface area contributed by atoms with Crippen LogP contribution in [0.5, 0.6) is 0 Å². The Morgan fingerprint density at radius 2 is 1.24 bits per heavy atom. The van der Waals surface area contributed by atoms with Gasteiger partial charge in [0.05, 0.1) is 0 Å². The van der Waals surface area contributed by atoms with E-state index in [0.29, 0.717) is 11.1 Å². The molecule has 0 atom stereocenters. The van der Waals surface area contributed by atoms with Crippen LogP contribution in [0.3, 0.4) is 0 Å². The minimum absolute atomic E-state index is 0.0537. The molecule has 9 heteroatoms. The number of fused-ring (bicyclic) bond motifs is 1. The summed E-state index contributed by atoms with van der Waals surface area (Å²) in [7, 11) is 0. The van der Waals surface area contributed by atoms with E-state index in [9.17, 15) is 14.4 Å². The number of aromatic nitrogens is 4. The van der Waals surface area contributed by atoms with Crippen LogP contribution in [-0.4, -0.2) is 25.8 Å². The Kier molecular flexibility index (Phi) is 12.2. The molecule has 0 fully saturated rings. The lowest BCUT2D eigenvalue weighted by atomic mass is 10.0. The molecule has 0 aliphatic heterocycles. The lowest BCUT2D eigenvalue weighted by molar-refractivity contribution is 0.529. The van der Waals surface area contributed by atoms with Crippen molar-refractivity contribution in [1.82, 2.24) is 19.2 Å². The van der Waals surface area contributed by atoms with Gasteiger partial charge in [-0.2, -0.15) is 14.5 Å². The first-order chi connectivity index (χ1) is 16.1. The fraction of sp³-hybridized carbons (Fsp3) is 0.750. The van der Waals surface area contributed by atoms with Crippen molar-refractivity contribution in [3.05, 3.63) is 31.3 Å². The third kappa shape index (κ3) is 8.60. The van der Waals surface area contributed by atoms with Gasteiger partial charge in [0.1, 0.15) is 0 Å². The van der Waals surface area contributed by atoms with E-state index < -0.39 is 16.9 Å². The second-order valence-corrected chi connectivity index (χ2v) is 8.87. The van der Waals surface area contributed by atoms with Crippen molar-refractivity contribution in [2.24, 2.45) is 0 Å². The smallest absolute Gasteiger partial charge is 0.320 e. The van der Waals surface area contributed by atoms with E-state index in [1.807, 2.05) is 0 Å². The summed E-state index contributed by atoms with van der Waals surface area (Å²) in [5.41, 5.74) is 0.625. The van der Waals surface area contributed by atoms with Gasteiger partial charge in [-0.15, -0.1) is 0 Å². The highest BCUT2D eigenvalue weighted by molar-refractivity contribution is 5.69. The van der Waals surface area contributed by atoms with Crippen LogP contribution in [0.2, 0.25) is 0 Å². The number of hydrogen-bond donors (Lipinski definition) is 3. The van der Waals surface area contributed by atoms with Crippen molar-refractivity contribution in [2.45, 2.75) is 110 Å². The molecule has 9 nitrogen and oxygen atoms in total. The summed E-state index contributed by atoms with van der Waals surface area (Å²) in [6.45, 7) is 2.76. The molecule has 0 aliphatic rings. The Balaban J connectivity index is 1.54. The van der Waals surface area contributed by atoms with E-state index in [2.05, 4.69) is 22.3 Å². The average molecular weight is 461 g/mol. The molecule has 0 saturated carbocycles. The average Bonchev–Trinajstić information content (AvgIpc) is 3.19. The van der Waals surface area contributed by atoms with Gasteiger partial charge >= 0.3 is 11.4 Å². The quantitative estimate of drug-likeness (QED) is 0.285. The van der Waals surface area contributed by atoms with E-state index in [-0.39, 0.29) is 11.2 Å². The van der Waals surface area contributed by atoms with Crippen molar-refractivity contribution in [1.29, 1.82) is 5.26 Å². The summed E-state index contributed by atoms with van der Waals surface area (Å²) in [4.78, 5) is 40.8. The van der Waals surface area contributed by atoms with Crippen molar-refractivity contribution in [3.8, 4) is 6.19 Å². The third-order valence-electron chi connectivity index (χ3n) is 6.13. The van der Waals surface area contributed by atoms with Gasteiger partial charge < -0.3 is 5.43 Å². The molecule has 184 valence electrons. The molecule has 0 saturated heterocycles. The van der Waals surface area contributed by atoms with Gasteiger partial charge in [-0.3, -0.25) is 14.8 Å². The summed E-state index contributed by atoms with van der Waals surface area (Å²) in [5.74, 6) is 0. The van der Waals surface area contributed by atoms with E-state index in [0.717, 1.165) is 23.9 Å². The molecule has 0 radical (unpaired) electrons. The van der Waals surface area contributed by atoms with Gasteiger partial charge in [0.2, 0.25) is 0 Å². The Bertz CT molecular complexity index is 1040. The van der Waals surface area contributed by atoms with E-state index >= 15 is 0 Å². The standard InChI is InChI=1S/C24H40N6O3/c1-2-3-4-5-6-7-8-9-10-11-12-13-14-15-16-17-18-26-30-21-20(27-23(32)28-21)22(31)29(19-25)24(30)33/h26H,2-18H2,1H3,(H2,27,28,32). The normalized spacial score (nSPS) is 11.2. The summed E-state index contributed by atoms with van der Waals surface area (Å²) in [6, 6.07) is 0. The Morgan fingerprint density at radius 1 is 0.758 bits per heavy atom. The Morgan fingerprint density at radius 3 is 1.73 bits per heavy atom. The number of nitrogens with zero attached hydrogens (tertiary/aromatic N) is 3. The summed E-state index contributed by atoms with van der Waals surface area (Å²) in [5, 5.41) is 9.08. The molecule has 33 heavy (non-hydrogen) atoms. The van der Waals surface area contributed by atoms with Gasteiger partial charge in [-0.05, 0) is 6.42 Å². The Labute approximate surface area is 195 Å². The zero-order valence-electron chi connectivity index (χ0n) is 20.1. The number of hydrogen-bond acceptors (Lipinski definition) is 5. The van der Waals surface area contributed by atoms with Crippen molar-refractivity contribution in [2.75, 3.05) is 12.0 Å². The van der Waals surface area contributed by atoms with E-state index in [1.54, 1.807) is 6.19 Å². The second kappa shape index (κ2) is 15.1. The maximum absolute atomic E-state index is 12.4. The fourth-order valence-electron chi connectivity index (χ4n) is 4.19. The van der Waals surface area contributed by atoms with Gasteiger partial charge in [0.15, 0.2) is 17.4 Å². The van der Waals surface area contributed by atoms with Gasteiger partial charge in [-0.25, -0.2) is 9.59 Å². The highest BCUT2D eigenvalue weighted by Crippen LogP contribution is 2.13. The number of imidazole rings is 1. The van der Waals surface area contributed by atoms with E-state index in [4.69, 9.17) is 5.26 Å². The number of aromatic amines is 2. The van der Waals surface area contributed by atoms with Crippen LogP contribution in [0, 0.1) is 11.5 Å². The predicted molar refractivity (Wildman–Crippen MR) is 132 cm³/mol. The van der Waals surface area contributed by atoms with Crippen molar-refractivity contribution < 1.29 is 0 Å². The summed E-state index contributed by atoms with van der Waals surface area (Å²) >= 11 is 0. The topological polar surface area (TPSA) is 128 Å². The molecule has 2 rings (SSSR count). The van der Waals surface area contributed by atoms with Crippen molar-refractivity contribution >= 4 is 11.2 Å². The Hall–Kier alpha value is -2.76. The lowest BCUT2D eigenvalue weighted by Crippen LogP contribution is -2.42. The van der Waals surface area contributed by atoms with Gasteiger partial charge in [0, 0.05) is 6.54 Å². The first kappa shape index (κ1) is 26.5. The van der Waals surface area contributed by atoms with E-state index in [1.165, 1.54) is 83.5 Å². The molecule has 2 heterocycles. The highest BCUT2D eigenvalue weighted by atomic mass is 16.2. The van der Waals surface area contributed by atoms with Crippen LogP contribution in [-0.2, 0) is 0 Å². The zero-order chi connectivity index (χ0) is 23.9. The number of nitrogens with one attached hydrogen (secondary N) is 3. The molecule has 2 aromatic heterocycles. The molecule has 0 aromatic carbocycles. The van der Waals surface area contributed by atoms with Crippen LogP contribution in [0.4, 0.5) is 0 Å². The number of rotatable bonds is 18. The third-order valence-corrected chi connectivity index (χ3v) is 6.13. The summed E-state index contributed by atoms with van der Waals surface area (Å²) in [6.07, 6.45) is 22.1. The maximum Gasteiger partial charge on any atom is 0.365 e. The molecule has 0 spiro atoms. The first-order valence-electron chi connectivity index (χ1n) is 12.7. The molecule has 2 aromatic rings. The maximum atomic E-state index is 12.4. The zero-order valence-corrected chi connectivity index (χ0v) is 20.1. The molecule has 0 bridgehead atoms. The monoisotopic (exact) mass is 460 g/mol. The van der Waals surface area contributed by atoms with Crippen molar-refractivity contribution in [3.63, 3.8) is 0 Å². The van der Waals surface area contributed by atoms with Crippen LogP contribution in [0.25, 0.3) is 11.2 Å². The van der Waals surface area contributed by atoms with Crippen LogP contribution >= 0.6 is 0 Å². The van der Waals surface area contributed by atoms with Gasteiger partial charge in [-0.1, -0.05) is 103 Å². The molecule has 3 N–H and O–H groups in total. The number of H-pyrrole nitrogens is 2. The first-order valence-corrected chi connectivity index (χ1v) is 12.7. The minimum Gasteiger partial charge on any atom is -0.320 e. The van der Waals surface area contributed by atoms with Crippen LogP contribution in [0.15, 0.2) is 14.4 Å². The SMILES string of the molecule is CCCCCCCCCCCCCCCCCCNn1c(=O)n(C#N)c(=O)c2[nH]c(=O)[nH]c21. The molecule has 0 unspecified atom stereocenters. The molecule has 0 aliphatic carbocycles. The lowest BCUT2D eigenvalue weighted by Gasteiger charge is -2.10. The molecular formula is C24H40N6O3. The predicted octanol–water partition coefficient (Wildman–Crippen LogP) is 4.31. The van der Waals surface area contributed by atoms with Crippen LogP contribution in [0.1, 0.15) is 110 Å². The highest BCUT2D eigenvalue weighted by Gasteiger charge is 2.15. The fourth-order valence-corrected chi connectivity index (χ4v) is 4.19. The minimum atomic E-state index is -0.837. The second-order valence-electron chi connectivity index (χ2n) is 8.87. The molecule has 0 amide bonds. The summed E-state index contributed by atoms with van der Waals surface area (Å²) < 4.78 is 1.48. The van der Waals surface area contributed by atoms with Gasteiger partial charge in [0.25, 0.3) is 5.56 Å². The van der Waals surface area contributed by atoms with Crippen LogP contribution < -0.4 is 22.4 Å². The number of unbranched alkanes of at least 4 members (excludes halogenated alkanes) is 15. The number of nitriles is 1. The molecular weight excluding hydrogens is 420 g/mol. The largest absolute Gasteiger partial charge is 0.365 e.